The van der Waals surface area contributed by atoms with E-state index in [1.165, 1.54) is 0 Å². The van der Waals surface area contributed by atoms with Crippen molar-refractivity contribution in [2.75, 3.05) is 13.1 Å². The molecule has 1 N–H and O–H groups in total. The highest BCUT2D eigenvalue weighted by Crippen LogP contribution is 2.10. The average molecular weight is 250 g/mol. The predicted molar refractivity (Wildman–Crippen MR) is 70.1 cm³/mol. The monoisotopic (exact) mass is 250 g/mol. The minimum atomic E-state index is -0.0223. The first-order valence-electron chi connectivity index (χ1n) is 6.68. The third kappa shape index (κ3) is 2.72. The number of piperazine rings is 1. The fourth-order valence-electron chi connectivity index (χ4n) is 2.21. The van der Waals surface area contributed by atoms with E-state index in [0.717, 1.165) is 25.2 Å². The van der Waals surface area contributed by atoms with Crippen LogP contribution >= 0.6 is 0 Å². The van der Waals surface area contributed by atoms with Crippen molar-refractivity contribution in [1.82, 2.24) is 20.0 Å². The highest BCUT2D eigenvalue weighted by Gasteiger charge is 2.27. The molecule has 0 spiro atoms. The van der Waals surface area contributed by atoms with Gasteiger partial charge < -0.3 is 10.2 Å². The van der Waals surface area contributed by atoms with Gasteiger partial charge >= 0.3 is 0 Å². The molecule has 1 aliphatic heterocycles. The van der Waals surface area contributed by atoms with Crippen molar-refractivity contribution in [1.29, 1.82) is 0 Å². The molecule has 18 heavy (non-hydrogen) atoms. The molecule has 5 heteroatoms. The minimum Gasteiger partial charge on any atom is -0.334 e. The van der Waals surface area contributed by atoms with Crippen molar-refractivity contribution in [2.24, 2.45) is 0 Å². The Hall–Kier alpha value is -1.36. The maximum absolute atomic E-state index is 12.1. The molecule has 0 aliphatic carbocycles. The molecule has 1 aliphatic rings. The Balaban J connectivity index is 2.01. The lowest BCUT2D eigenvalue weighted by atomic mass is 10.1. The number of aromatic nitrogens is 2. The molecule has 1 fully saturated rings. The van der Waals surface area contributed by atoms with Crippen LogP contribution in [0.3, 0.4) is 0 Å². The summed E-state index contributed by atoms with van der Waals surface area (Å²) in [6.45, 7) is 8.49. The summed E-state index contributed by atoms with van der Waals surface area (Å²) in [6.07, 6.45) is 2.82. The summed E-state index contributed by atoms with van der Waals surface area (Å²) in [5.41, 5.74) is 0.966. The number of carbonyl (C=O) groups is 1. The summed E-state index contributed by atoms with van der Waals surface area (Å²) in [5, 5.41) is 7.73. The first kappa shape index (κ1) is 13.1. The fourth-order valence-corrected chi connectivity index (χ4v) is 2.21. The van der Waals surface area contributed by atoms with Crippen LogP contribution < -0.4 is 5.32 Å². The highest BCUT2D eigenvalue weighted by molar-refractivity contribution is 5.82. The third-order valence-electron chi connectivity index (χ3n) is 3.34. The smallest absolute Gasteiger partial charge is 0.240 e. The standard InChI is InChI=1S/C13H22N4O/c1-4-12-13(18)16(8-6-14-12)9-11-5-7-17(15-11)10(2)3/h5,7,10,12,14H,4,6,8-9H2,1-3H3. The first-order chi connectivity index (χ1) is 8.61. The molecule has 1 amide bonds. The second kappa shape index (κ2) is 5.52. The van der Waals surface area contributed by atoms with E-state index in [9.17, 15) is 4.79 Å². The number of hydrogen-bond donors (Lipinski definition) is 1. The van der Waals surface area contributed by atoms with Crippen LogP contribution in [0.2, 0.25) is 0 Å². The Morgan fingerprint density at radius 1 is 1.56 bits per heavy atom. The Kier molecular flexibility index (Phi) is 4.01. The molecule has 0 saturated carbocycles. The van der Waals surface area contributed by atoms with Crippen LogP contribution in [0.1, 0.15) is 38.9 Å². The maximum Gasteiger partial charge on any atom is 0.240 e. The molecule has 1 aromatic rings. The van der Waals surface area contributed by atoms with Crippen molar-refractivity contribution in [3.05, 3.63) is 18.0 Å². The maximum atomic E-state index is 12.1. The Morgan fingerprint density at radius 3 is 2.94 bits per heavy atom. The van der Waals surface area contributed by atoms with Gasteiger partial charge in [0.25, 0.3) is 0 Å². The summed E-state index contributed by atoms with van der Waals surface area (Å²) in [7, 11) is 0. The molecular formula is C13H22N4O. The van der Waals surface area contributed by atoms with Crippen molar-refractivity contribution in [2.45, 2.75) is 45.8 Å². The van der Waals surface area contributed by atoms with Gasteiger partial charge in [0, 0.05) is 25.3 Å². The zero-order valence-corrected chi connectivity index (χ0v) is 11.4. The van der Waals surface area contributed by atoms with Crippen molar-refractivity contribution in [3.63, 3.8) is 0 Å². The SMILES string of the molecule is CCC1NCCN(Cc2ccn(C(C)C)n2)C1=O. The number of nitrogens with one attached hydrogen (secondary N) is 1. The molecule has 0 bridgehead atoms. The summed E-state index contributed by atoms with van der Waals surface area (Å²) >= 11 is 0. The van der Waals surface area contributed by atoms with Crippen LogP contribution in [0.15, 0.2) is 12.3 Å². The van der Waals surface area contributed by atoms with E-state index in [1.54, 1.807) is 0 Å². The van der Waals surface area contributed by atoms with Gasteiger partial charge in [-0.3, -0.25) is 9.48 Å². The zero-order valence-electron chi connectivity index (χ0n) is 11.4. The quantitative estimate of drug-likeness (QED) is 0.873. The van der Waals surface area contributed by atoms with Crippen LogP contribution in [-0.2, 0) is 11.3 Å². The van der Waals surface area contributed by atoms with E-state index in [0.29, 0.717) is 12.6 Å². The number of carbonyl (C=O) groups excluding carboxylic acids is 1. The van der Waals surface area contributed by atoms with E-state index in [4.69, 9.17) is 0 Å². The van der Waals surface area contributed by atoms with Gasteiger partial charge in [0.15, 0.2) is 0 Å². The second-order valence-corrected chi connectivity index (χ2v) is 5.06. The van der Waals surface area contributed by atoms with Crippen LogP contribution in [0.5, 0.6) is 0 Å². The Morgan fingerprint density at radius 2 is 2.33 bits per heavy atom. The minimum absolute atomic E-state index is 0.0223. The van der Waals surface area contributed by atoms with Gasteiger partial charge in [0.2, 0.25) is 5.91 Å². The molecule has 1 aromatic heterocycles. The fraction of sp³-hybridized carbons (Fsp3) is 0.692. The molecule has 2 rings (SSSR count). The molecule has 1 saturated heterocycles. The lowest BCUT2D eigenvalue weighted by molar-refractivity contribution is -0.136. The van der Waals surface area contributed by atoms with E-state index in [1.807, 2.05) is 28.8 Å². The van der Waals surface area contributed by atoms with Crippen LogP contribution in [0, 0.1) is 0 Å². The molecule has 0 radical (unpaired) electrons. The number of rotatable bonds is 4. The Bertz CT molecular complexity index is 413. The van der Waals surface area contributed by atoms with E-state index >= 15 is 0 Å². The van der Waals surface area contributed by atoms with Crippen LogP contribution in [-0.4, -0.2) is 39.7 Å². The molecular weight excluding hydrogens is 228 g/mol. The molecule has 100 valence electrons. The predicted octanol–water partition coefficient (Wildman–Crippen LogP) is 1.17. The molecule has 1 atom stereocenters. The van der Waals surface area contributed by atoms with E-state index in [2.05, 4.69) is 24.3 Å². The van der Waals surface area contributed by atoms with Gasteiger partial charge in [-0.05, 0) is 26.3 Å². The van der Waals surface area contributed by atoms with Gasteiger partial charge in [0.05, 0.1) is 18.3 Å². The Labute approximate surface area is 108 Å². The lowest BCUT2D eigenvalue weighted by Crippen LogP contribution is -2.54. The largest absolute Gasteiger partial charge is 0.334 e. The molecule has 5 nitrogen and oxygen atoms in total. The molecule has 0 aromatic carbocycles. The summed E-state index contributed by atoms with van der Waals surface area (Å²) in [4.78, 5) is 14.0. The summed E-state index contributed by atoms with van der Waals surface area (Å²) < 4.78 is 1.93. The van der Waals surface area contributed by atoms with E-state index < -0.39 is 0 Å². The van der Waals surface area contributed by atoms with Crippen LogP contribution in [0.4, 0.5) is 0 Å². The van der Waals surface area contributed by atoms with Gasteiger partial charge in [0.1, 0.15) is 0 Å². The van der Waals surface area contributed by atoms with Crippen LogP contribution in [0.25, 0.3) is 0 Å². The summed E-state index contributed by atoms with van der Waals surface area (Å²) in [5.74, 6) is 0.197. The lowest BCUT2D eigenvalue weighted by Gasteiger charge is -2.32. The third-order valence-corrected chi connectivity index (χ3v) is 3.34. The second-order valence-electron chi connectivity index (χ2n) is 5.06. The van der Waals surface area contributed by atoms with Gasteiger partial charge in [-0.25, -0.2) is 0 Å². The molecule has 2 heterocycles. The normalized spacial score (nSPS) is 20.8. The van der Waals surface area contributed by atoms with Crippen molar-refractivity contribution < 1.29 is 4.79 Å². The zero-order chi connectivity index (χ0) is 13.1. The van der Waals surface area contributed by atoms with Crippen molar-refractivity contribution in [3.8, 4) is 0 Å². The highest BCUT2D eigenvalue weighted by atomic mass is 16.2. The average Bonchev–Trinajstić information content (AvgIpc) is 2.80. The first-order valence-corrected chi connectivity index (χ1v) is 6.68. The number of hydrogen-bond acceptors (Lipinski definition) is 3. The molecule has 1 unspecified atom stereocenters. The van der Waals surface area contributed by atoms with Gasteiger partial charge in [-0.15, -0.1) is 0 Å². The van der Waals surface area contributed by atoms with E-state index in [-0.39, 0.29) is 11.9 Å². The van der Waals surface area contributed by atoms with Crippen molar-refractivity contribution >= 4 is 5.91 Å². The number of nitrogens with zero attached hydrogens (tertiary/aromatic N) is 3. The number of amides is 1. The van der Waals surface area contributed by atoms with Gasteiger partial charge in [-0.1, -0.05) is 6.92 Å². The topological polar surface area (TPSA) is 50.2 Å². The van der Waals surface area contributed by atoms with Gasteiger partial charge in [-0.2, -0.15) is 5.10 Å². The summed E-state index contributed by atoms with van der Waals surface area (Å²) in [6, 6.07) is 2.34.